The molecule has 1 N–H and O–H groups in total. The first-order valence-corrected chi connectivity index (χ1v) is 6.55. The van der Waals surface area contributed by atoms with E-state index in [1.807, 2.05) is 0 Å². The van der Waals surface area contributed by atoms with Crippen LogP contribution in [0.4, 0.5) is 0 Å². The fourth-order valence-electron chi connectivity index (χ4n) is 2.52. The Hall–Kier alpha value is -0.120. The van der Waals surface area contributed by atoms with Crippen LogP contribution in [0.3, 0.4) is 0 Å². The zero-order valence-electron chi connectivity index (χ0n) is 11.0. The zero-order valence-corrected chi connectivity index (χ0v) is 11.0. The molecule has 1 fully saturated rings. The summed E-state index contributed by atoms with van der Waals surface area (Å²) in [6.45, 7) is 7.93. The zero-order chi connectivity index (χ0) is 12.0. The molecule has 0 atom stereocenters. The minimum Gasteiger partial charge on any atom is -0.396 e. The van der Waals surface area contributed by atoms with E-state index in [9.17, 15) is 5.11 Å². The van der Waals surface area contributed by atoms with Gasteiger partial charge in [-0.1, -0.05) is 13.8 Å². The van der Waals surface area contributed by atoms with Crippen molar-refractivity contribution in [3.8, 4) is 0 Å². The van der Waals surface area contributed by atoms with Crippen LogP contribution in [0.25, 0.3) is 0 Å². The molecule has 0 spiro atoms. The molecule has 1 rings (SSSR count). The van der Waals surface area contributed by atoms with E-state index in [1.165, 1.54) is 0 Å². The lowest BCUT2D eigenvalue weighted by Crippen LogP contribution is -2.44. The van der Waals surface area contributed by atoms with E-state index < -0.39 is 0 Å². The van der Waals surface area contributed by atoms with E-state index in [4.69, 9.17) is 4.74 Å². The molecular formula is C13H27NO2. The van der Waals surface area contributed by atoms with Gasteiger partial charge in [-0.15, -0.1) is 0 Å². The van der Waals surface area contributed by atoms with Crippen molar-refractivity contribution < 1.29 is 9.84 Å². The summed E-state index contributed by atoms with van der Waals surface area (Å²) in [5, 5.41) is 9.55. The van der Waals surface area contributed by atoms with E-state index in [2.05, 4.69) is 18.7 Å². The Morgan fingerprint density at radius 1 is 1.25 bits per heavy atom. The Labute approximate surface area is 99.8 Å². The van der Waals surface area contributed by atoms with Crippen LogP contribution < -0.4 is 0 Å². The Morgan fingerprint density at radius 2 is 1.81 bits per heavy atom. The van der Waals surface area contributed by atoms with Gasteiger partial charge in [0.1, 0.15) is 0 Å². The van der Waals surface area contributed by atoms with Crippen LogP contribution >= 0.6 is 0 Å². The molecule has 1 saturated heterocycles. The molecular weight excluding hydrogens is 202 g/mol. The number of ether oxygens (including phenoxy) is 1. The average Bonchev–Trinajstić information content (AvgIpc) is 2.37. The molecule has 0 bridgehead atoms. The van der Waals surface area contributed by atoms with Crippen LogP contribution in [0, 0.1) is 5.41 Å². The van der Waals surface area contributed by atoms with Crippen molar-refractivity contribution in [2.24, 2.45) is 5.41 Å². The Balaban J connectivity index is 2.42. The van der Waals surface area contributed by atoms with Crippen molar-refractivity contribution in [1.29, 1.82) is 0 Å². The number of aliphatic hydroxyl groups excluding tert-OH is 1. The highest BCUT2D eigenvalue weighted by atomic mass is 16.5. The fourth-order valence-corrected chi connectivity index (χ4v) is 2.52. The van der Waals surface area contributed by atoms with Gasteiger partial charge in [-0.3, -0.25) is 0 Å². The number of rotatable bonds is 6. The summed E-state index contributed by atoms with van der Waals surface area (Å²) in [5.74, 6) is 0. The molecule has 3 heteroatoms. The highest BCUT2D eigenvalue weighted by Gasteiger charge is 2.29. The SMILES string of the molecule is CCC(CC)(CO)CN1CCC(OC)CC1. The Kier molecular flexibility index (Phi) is 5.73. The first kappa shape index (κ1) is 13.9. The predicted octanol–water partition coefficient (Wildman–Crippen LogP) is 1.90. The molecule has 1 aliphatic heterocycles. The molecule has 0 saturated carbocycles. The summed E-state index contributed by atoms with van der Waals surface area (Å²) in [6, 6.07) is 0. The first-order valence-electron chi connectivity index (χ1n) is 6.55. The summed E-state index contributed by atoms with van der Waals surface area (Å²) in [6.07, 6.45) is 4.83. The quantitative estimate of drug-likeness (QED) is 0.755. The lowest BCUT2D eigenvalue weighted by molar-refractivity contribution is 0.0105. The molecule has 0 aromatic carbocycles. The van der Waals surface area contributed by atoms with E-state index in [0.717, 1.165) is 45.3 Å². The Morgan fingerprint density at radius 3 is 2.19 bits per heavy atom. The van der Waals surface area contributed by atoms with Crippen LogP contribution in [0.2, 0.25) is 0 Å². The summed E-state index contributed by atoms with van der Waals surface area (Å²) in [7, 11) is 1.80. The minimum absolute atomic E-state index is 0.111. The van der Waals surface area contributed by atoms with Crippen molar-refractivity contribution in [2.75, 3.05) is 33.4 Å². The summed E-state index contributed by atoms with van der Waals surface area (Å²) in [5.41, 5.74) is 0.111. The molecule has 0 unspecified atom stereocenters. The number of methoxy groups -OCH3 is 1. The number of hydrogen-bond donors (Lipinski definition) is 1. The standard InChI is InChI=1S/C13H27NO2/c1-4-13(5-2,11-15)10-14-8-6-12(16-3)7-9-14/h12,15H,4-11H2,1-3H3. The molecule has 96 valence electrons. The monoisotopic (exact) mass is 229 g/mol. The second-order valence-corrected chi connectivity index (χ2v) is 5.08. The maximum Gasteiger partial charge on any atom is 0.0595 e. The number of nitrogens with zero attached hydrogens (tertiary/aromatic N) is 1. The molecule has 1 heterocycles. The Bertz CT molecular complexity index is 176. The summed E-state index contributed by atoms with van der Waals surface area (Å²) in [4.78, 5) is 2.48. The molecule has 0 amide bonds. The van der Waals surface area contributed by atoms with Crippen LogP contribution in [-0.4, -0.2) is 49.5 Å². The number of hydrogen-bond acceptors (Lipinski definition) is 3. The van der Waals surface area contributed by atoms with Crippen molar-refractivity contribution in [3.05, 3.63) is 0 Å². The molecule has 16 heavy (non-hydrogen) atoms. The third kappa shape index (κ3) is 3.44. The van der Waals surface area contributed by atoms with Gasteiger partial charge in [0, 0.05) is 38.8 Å². The summed E-state index contributed by atoms with van der Waals surface area (Å²) >= 11 is 0. The molecule has 0 radical (unpaired) electrons. The number of piperidine rings is 1. The van der Waals surface area contributed by atoms with Crippen LogP contribution in [0.15, 0.2) is 0 Å². The van der Waals surface area contributed by atoms with Crippen molar-refractivity contribution in [3.63, 3.8) is 0 Å². The van der Waals surface area contributed by atoms with Crippen LogP contribution in [-0.2, 0) is 4.74 Å². The molecule has 3 nitrogen and oxygen atoms in total. The second-order valence-electron chi connectivity index (χ2n) is 5.08. The highest BCUT2D eigenvalue weighted by Crippen LogP contribution is 2.28. The normalized spacial score (nSPS) is 20.2. The van der Waals surface area contributed by atoms with Gasteiger partial charge in [-0.2, -0.15) is 0 Å². The largest absolute Gasteiger partial charge is 0.396 e. The number of likely N-dealkylation sites (tertiary alicyclic amines) is 1. The predicted molar refractivity (Wildman–Crippen MR) is 66.6 cm³/mol. The van der Waals surface area contributed by atoms with Crippen molar-refractivity contribution in [1.82, 2.24) is 4.90 Å². The first-order chi connectivity index (χ1) is 7.69. The van der Waals surface area contributed by atoms with E-state index in [1.54, 1.807) is 7.11 Å². The van der Waals surface area contributed by atoms with Gasteiger partial charge in [-0.25, -0.2) is 0 Å². The van der Waals surface area contributed by atoms with Gasteiger partial charge < -0.3 is 14.7 Å². The molecule has 0 aromatic rings. The smallest absolute Gasteiger partial charge is 0.0595 e. The molecule has 1 aliphatic rings. The molecule has 0 aliphatic carbocycles. The maximum absolute atomic E-state index is 9.55. The second kappa shape index (κ2) is 6.58. The topological polar surface area (TPSA) is 32.7 Å². The van der Waals surface area contributed by atoms with Gasteiger partial charge in [0.05, 0.1) is 6.10 Å². The van der Waals surface area contributed by atoms with Gasteiger partial charge in [0.25, 0.3) is 0 Å². The van der Waals surface area contributed by atoms with E-state index in [0.29, 0.717) is 12.7 Å². The van der Waals surface area contributed by atoms with Gasteiger partial charge in [0.2, 0.25) is 0 Å². The van der Waals surface area contributed by atoms with Gasteiger partial charge in [-0.05, 0) is 25.7 Å². The lowest BCUT2D eigenvalue weighted by atomic mass is 9.82. The third-order valence-electron chi connectivity index (χ3n) is 4.26. The number of aliphatic hydroxyl groups is 1. The van der Waals surface area contributed by atoms with Crippen molar-refractivity contribution >= 4 is 0 Å². The van der Waals surface area contributed by atoms with Crippen LogP contribution in [0.1, 0.15) is 39.5 Å². The maximum atomic E-state index is 9.55. The third-order valence-corrected chi connectivity index (χ3v) is 4.26. The molecule has 0 aromatic heterocycles. The average molecular weight is 229 g/mol. The van der Waals surface area contributed by atoms with Crippen molar-refractivity contribution in [2.45, 2.75) is 45.6 Å². The summed E-state index contributed by atoms with van der Waals surface area (Å²) < 4.78 is 5.37. The fraction of sp³-hybridized carbons (Fsp3) is 1.00. The van der Waals surface area contributed by atoms with E-state index in [-0.39, 0.29) is 5.41 Å². The van der Waals surface area contributed by atoms with Gasteiger partial charge >= 0.3 is 0 Å². The van der Waals surface area contributed by atoms with E-state index >= 15 is 0 Å². The van der Waals surface area contributed by atoms with Crippen LogP contribution in [0.5, 0.6) is 0 Å². The van der Waals surface area contributed by atoms with Gasteiger partial charge in [0.15, 0.2) is 0 Å². The minimum atomic E-state index is 0.111. The highest BCUT2D eigenvalue weighted by molar-refractivity contribution is 4.82. The lowest BCUT2D eigenvalue weighted by Gasteiger charge is -2.39.